The molecule has 0 amide bonds. The van der Waals surface area contributed by atoms with E-state index < -0.39 is 12.2 Å². The summed E-state index contributed by atoms with van der Waals surface area (Å²) >= 11 is 0. The molecule has 0 aromatic heterocycles. The SMILES string of the molecule is CCC(O)C(O)CCc1ccc(F)c(C)c1. The number of hydrogen-bond acceptors (Lipinski definition) is 2. The van der Waals surface area contributed by atoms with E-state index in [1.807, 2.05) is 6.92 Å². The van der Waals surface area contributed by atoms with E-state index in [2.05, 4.69) is 0 Å². The Balaban J connectivity index is 2.51. The first-order valence-corrected chi connectivity index (χ1v) is 5.65. The monoisotopic (exact) mass is 226 g/mol. The van der Waals surface area contributed by atoms with Crippen LogP contribution in [-0.2, 0) is 6.42 Å². The lowest BCUT2D eigenvalue weighted by molar-refractivity contribution is 0.0130. The lowest BCUT2D eigenvalue weighted by Gasteiger charge is -2.15. The fraction of sp³-hybridized carbons (Fsp3) is 0.538. The average Bonchev–Trinajstić information content (AvgIpc) is 2.29. The standard InChI is InChI=1S/C13H19FO2/c1-3-12(15)13(16)7-5-10-4-6-11(14)9(2)8-10/h4,6,8,12-13,15-16H,3,5,7H2,1-2H3. The Morgan fingerprint density at radius 1 is 1.25 bits per heavy atom. The molecular formula is C13H19FO2. The molecule has 1 rings (SSSR count). The fourth-order valence-corrected chi connectivity index (χ4v) is 1.64. The smallest absolute Gasteiger partial charge is 0.126 e. The third-order valence-corrected chi connectivity index (χ3v) is 2.81. The van der Waals surface area contributed by atoms with Crippen molar-refractivity contribution in [2.75, 3.05) is 0 Å². The van der Waals surface area contributed by atoms with Gasteiger partial charge < -0.3 is 10.2 Å². The van der Waals surface area contributed by atoms with Crippen LogP contribution < -0.4 is 0 Å². The van der Waals surface area contributed by atoms with Crippen molar-refractivity contribution in [2.24, 2.45) is 0 Å². The molecule has 0 aliphatic carbocycles. The summed E-state index contributed by atoms with van der Waals surface area (Å²) in [5.74, 6) is -0.210. The van der Waals surface area contributed by atoms with Gasteiger partial charge in [0.25, 0.3) is 0 Å². The maximum atomic E-state index is 13.0. The van der Waals surface area contributed by atoms with Gasteiger partial charge in [-0.3, -0.25) is 0 Å². The number of aliphatic hydroxyl groups excluding tert-OH is 2. The van der Waals surface area contributed by atoms with E-state index in [-0.39, 0.29) is 5.82 Å². The number of aryl methyl sites for hydroxylation is 2. The van der Waals surface area contributed by atoms with Crippen LogP contribution in [0.1, 0.15) is 30.9 Å². The molecule has 2 unspecified atom stereocenters. The minimum absolute atomic E-state index is 0.210. The van der Waals surface area contributed by atoms with Gasteiger partial charge in [-0.1, -0.05) is 19.1 Å². The number of rotatable bonds is 5. The van der Waals surface area contributed by atoms with E-state index in [9.17, 15) is 14.6 Å². The molecule has 0 aliphatic heterocycles. The molecule has 0 radical (unpaired) electrons. The summed E-state index contributed by atoms with van der Waals surface area (Å²) < 4.78 is 13.0. The lowest BCUT2D eigenvalue weighted by atomic mass is 10.0. The predicted octanol–water partition coefficient (Wildman–Crippen LogP) is 2.20. The Kier molecular flexibility index (Phi) is 4.90. The van der Waals surface area contributed by atoms with E-state index >= 15 is 0 Å². The van der Waals surface area contributed by atoms with Crippen molar-refractivity contribution in [1.82, 2.24) is 0 Å². The first-order chi connectivity index (χ1) is 7.54. The van der Waals surface area contributed by atoms with Gasteiger partial charge in [0.05, 0.1) is 12.2 Å². The number of halogens is 1. The molecule has 0 spiro atoms. The summed E-state index contributed by atoms with van der Waals surface area (Å²) in [4.78, 5) is 0. The predicted molar refractivity (Wildman–Crippen MR) is 61.8 cm³/mol. The van der Waals surface area contributed by atoms with Gasteiger partial charge in [0, 0.05) is 0 Å². The molecule has 3 heteroatoms. The molecule has 0 heterocycles. The van der Waals surface area contributed by atoms with E-state index in [1.165, 1.54) is 6.07 Å². The number of aliphatic hydroxyl groups is 2. The third-order valence-electron chi connectivity index (χ3n) is 2.81. The summed E-state index contributed by atoms with van der Waals surface area (Å²) in [6.07, 6.45) is 0.333. The molecule has 2 nitrogen and oxygen atoms in total. The zero-order valence-electron chi connectivity index (χ0n) is 9.78. The van der Waals surface area contributed by atoms with Crippen LogP contribution in [-0.4, -0.2) is 22.4 Å². The van der Waals surface area contributed by atoms with E-state index in [0.717, 1.165) is 5.56 Å². The van der Waals surface area contributed by atoms with Crippen LogP contribution in [0.5, 0.6) is 0 Å². The molecule has 0 aliphatic rings. The van der Waals surface area contributed by atoms with Crippen molar-refractivity contribution in [3.05, 3.63) is 35.1 Å². The van der Waals surface area contributed by atoms with Crippen molar-refractivity contribution in [3.8, 4) is 0 Å². The summed E-state index contributed by atoms with van der Waals surface area (Å²) in [7, 11) is 0. The van der Waals surface area contributed by atoms with Gasteiger partial charge in [-0.2, -0.15) is 0 Å². The quantitative estimate of drug-likeness (QED) is 0.808. The maximum absolute atomic E-state index is 13.0. The molecule has 2 atom stereocenters. The van der Waals surface area contributed by atoms with Gasteiger partial charge in [0.2, 0.25) is 0 Å². The normalized spacial score (nSPS) is 14.8. The minimum Gasteiger partial charge on any atom is -0.390 e. The molecule has 0 saturated carbocycles. The van der Waals surface area contributed by atoms with E-state index in [1.54, 1.807) is 19.1 Å². The highest BCUT2D eigenvalue weighted by Crippen LogP contribution is 2.13. The molecule has 1 aromatic carbocycles. The molecule has 0 bridgehead atoms. The van der Waals surface area contributed by atoms with Gasteiger partial charge in [0.15, 0.2) is 0 Å². The molecule has 16 heavy (non-hydrogen) atoms. The van der Waals surface area contributed by atoms with E-state index in [0.29, 0.717) is 24.8 Å². The van der Waals surface area contributed by atoms with Crippen molar-refractivity contribution >= 4 is 0 Å². The van der Waals surface area contributed by atoms with Crippen LogP contribution >= 0.6 is 0 Å². The maximum Gasteiger partial charge on any atom is 0.126 e. The second kappa shape index (κ2) is 5.97. The topological polar surface area (TPSA) is 40.5 Å². The Morgan fingerprint density at radius 2 is 1.94 bits per heavy atom. The van der Waals surface area contributed by atoms with E-state index in [4.69, 9.17) is 0 Å². The second-order valence-corrected chi connectivity index (χ2v) is 4.17. The highest BCUT2D eigenvalue weighted by molar-refractivity contribution is 5.24. The van der Waals surface area contributed by atoms with Crippen molar-refractivity contribution in [1.29, 1.82) is 0 Å². The lowest BCUT2D eigenvalue weighted by Crippen LogP contribution is -2.25. The first-order valence-electron chi connectivity index (χ1n) is 5.65. The van der Waals surface area contributed by atoms with Gasteiger partial charge >= 0.3 is 0 Å². The molecule has 1 aromatic rings. The zero-order valence-corrected chi connectivity index (χ0v) is 9.78. The van der Waals surface area contributed by atoms with Crippen molar-refractivity contribution < 1.29 is 14.6 Å². The molecule has 0 saturated heterocycles. The first kappa shape index (κ1) is 13.1. The van der Waals surface area contributed by atoms with Crippen LogP contribution in [0, 0.1) is 12.7 Å². The Labute approximate surface area is 95.7 Å². The van der Waals surface area contributed by atoms with Gasteiger partial charge in [-0.05, 0) is 43.4 Å². The third kappa shape index (κ3) is 3.58. The molecular weight excluding hydrogens is 207 g/mol. The Bertz CT molecular complexity index is 339. The second-order valence-electron chi connectivity index (χ2n) is 4.17. The van der Waals surface area contributed by atoms with Crippen LogP contribution in [0.2, 0.25) is 0 Å². The average molecular weight is 226 g/mol. The molecule has 0 fully saturated rings. The van der Waals surface area contributed by atoms with Crippen molar-refractivity contribution in [2.45, 2.75) is 45.3 Å². The highest BCUT2D eigenvalue weighted by atomic mass is 19.1. The van der Waals surface area contributed by atoms with Crippen LogP contribution in [0.25, 0.3) is 0 Å². The number of benzene rings is 1. The largest absolute Gasteiger partial charge is 0.390 e. The van der Waals surface area contributed by atoms with Crippen LogP contribution in [0.3, 0.4) is 0 Å². The molecule has 90 valence electrons. The van der Waals surface area contributed by atoms with Crippen LogP contribution in [0.15, 0.2) is 18.2 Å². The zero-order chi connectivity index (χ0) is 12.1. The minimum atomic E-state index is -0.699. The summed E-state index contributed by atoms with van der Waals surface area (Å²) in [5.41, 5.74) is 1.60. The van der Waals surface area contributed by atoms with Crippen LogP contribution in [0.4, 0.5) is 4.39 Å². The van der Waals surface area contributed by atoms with Crippen molar-refractivity contribution in [3.63, 3.8) is 0 Å². The van der Waals surface area contributed by atoms with Gasteiger partial charge in [0.1, 0.15) is 5.82 Å². The Hall–Kier alpha value is -0.930. The summed E-state index contributed by atoms with van der Waals surface area (Å²) in [6.45, 7) is 3.55. The van der Waals surface area contributed by atoms with Gasteiger partial charge in [-0.25, -0.2) is 4.39 Å². The summed E-state index contributed by atoms with van der Waals surface area (Å²) in [6, 6.07) is 4.93. The molecule has 2 N–H and O–H groups in total. The fourth-order valence-electron chi connectivity index (χ4n) is 1.64. The highest BCUT2D eigenvalue weighted by Gasteiger charge is 2.13. The van der Waals surface area contributed by atoms with Gasteiger partial charge in [-0.15, -0.1) is 0 Å². The number of hydrogen-bond donors (Lipinski definition) is 2. The Morgan fingerprint density at radius 3 is 2.50 bits per heavy atom. The summed E-state index contributed by atoms with van der Waals surface area (Å²) in [5, 5.41) is 19.0.